The highest BCUT2D eigenvalue weighted by molar-refractivity contribution is 7.98. The van der Waals surface area contributed by atoms with Crippen LogP contribution in [0.5, 0.6) is 0 Å². The van der Waals surface area contributed by atoms with Crippen LogP contribution in [0.25, 0.3) is 0 Å². The number of rotatable bonds is 7. The molecule has 3 N–H and O–H groups in total. The van der Waals surface area contributed by atoms with Crippen LogP contribution in [-0.2, 0) is 9.53 Å². The summed E-state index contributed by atoms with van der Waals surface area (Å²) in [4.78, 5) is 12.9. The Morgan fingerprint density at radius 1 is 1.44 bits per heavy atom. The highest BCUT2D eigenvalue weighted by atomic mass is 32.2. The molecule has 0 saturated carbocycles. The summed E-state index contributed by atoms with van der Waals surface area (Å²) in [5.41, 5.74) is 6.33. The van der Waals surface area contributed by atoms with Crippen molar-refractivity contribution in [3.8, 4) is 0 Å². The van der Waals surface area contributed by atoms with Crippen LogP contribution < -0.4 is 11.1 Å². The Labute approximate surface area is 112 Å². The van der Waals surface area contributed by atoms with Gasteiger partial charge in [0, 0.05) is 23.7 Å². The minimum Gasteiger partial charge on any atom is -0.377 e. The number of anilines is 1. The molecule has 1 atom stereocenters. The van der Waals surface area contributed by atoms with E-state index in [2.05, 4.69) is 5.32 Å². The largest absolute Gasteiger partial charge is 0.377 e. The molecule has 0 fully saturated rings. The van der Waals surface area contributed by atoms with Gasteiger partial charge in [-0.2, -0.15) is 0 Å². The molecule has 5 heteroatoms. The Bertz CT molecular complexity index is 368. The van der Waals surface area contributed by atoms with Crippen molar-refractivity contribution in [2.24, 2.45) is 5.73 Å². The van der Waals surface area contributed by atoms with Crippen LogP contribution in [0.3, 0.4) is 0 Å². The molecule has 1 unspecified atom stereocenters. The molecule has 0 aliphatic carbocycles. The monoisotopic (exact) mass is 268 g/mol. The smallest absolute Gasteiger partial charge is 0.227 e. The molecule has 0 saturated heterocycles. The summed E-state index contributed by atoms with van der Waals surface area (Å²) in [7, 11) is 0. The van der Waals surface area contributed by atoms with Gasteiger partial charge in [-0.15, -0.1) is 11.8 Å². The van der Waals surface area contributed by atoms with E-state index in [0.717, 1.165) is 5.69 Å². The number of nitrogens with two attached hydrogens (primary N) is 1. The molecule has 100 valence electrons. The highest BCUT2D eigenvalue weighted by Crippen LogP contribution is 2.17. The fraction of sp³-hybridized carbons (Fsp3) is 0.462. The van der Waals surface area contributed by atoms with Gasteiger partial charge in [0.15, 0.2) is 0 Å². The van der Waals surface area contributed by atoms with E-state index in [-0.39, 0.29) is 18.4 Å². The summed E-state index contributed by atoms with van der Waals surface area (Å²) in [5.74, 6) is -0.0733. The molecule has 0 spiro atoms. The first-order valence-corrected chi connectivity index (χ1v) is 7.17. The van der Waals surface area contributed by atoms with Gasteiger partial charge < -0.3 is 15.8 Å². The Morgan fingerprint density at radius 3 is 2.61 bits per heavy atom. The molecule has 18 heavy (non-hydrogen) atoms. The minimum absolute atomic E-state index is 0.0733. The number of nitrogens with one attached hydrogen (secondary N) is 1. The van der Waals surface area contributed by atoms with Crippen molar-refractivity contribution in [3.63, 3.8) is 0 Å². The van der Waals surface area contributed by atoms with E-state index in [1.54, 1.807) is 11.8 Å². The van der Waals surface area contributed by atoms with Crippen LogP contribution in [0.2, 0.25) is 0 Å². The molecule has 0 bridgehead atoms. The third kappa shape index (κ3) is 5.08. The van der Waals surface area contributed by atoms with Gasteiger partial charge in [-0.25, -0.2) is 0 Å². The van der Waals surface area contributed by atoms with Crippen molar-refractivity contribution in [3.05, 3.63) is 24.3 Å². The maximum absolute atomic E-state index is 11.8. The van der Waals surface area contributed by atoms with Crippen molar-refractivity contribution >= 4 is 23.4 Å². The van der Waals surface area contributed by atoms with Crippen LogP contribution in [0.4, 0.5) is 5.69 Å². The average molecular weight is 268 g/mol. The Kier molecular flexibility index (Phi) is 6.78. The third-order valence-corrected chi connectivity index (χ3v) is 3.20. The molecule has 0 aromatic heterocycles. The number of carbonyl (C=O) groups is 1. The lowest BCUT2D eigenvalue weighted by atomic mass is 10.2. The molecule has 1 aromatic carbocycles. The van der Waals surface area contributed by atoms with Crippen molar-refractivity contribution in [2.75, 3.05) is 24.7 Å². The summed E-state index contributed by atoms with van der Waals surface area (Å²) < 4.78 is 5.35. The SMILES string of the molecule is CCOC(CN)CC(=O)Nc1ccc(SC)cc1. The second-order valence-electron chi connectivity index (χ2n) is 3.79. The van der Waals surface area contributed by atoms with Crippen molar-refractivity contribution in [2.45, 2.75) is 24.3 Å². The summed E-state index contributed by atoms with van der Waals surface area (Å²) in [6.07, 6.45) is 2.09. The van der Waals surface area contributed by atoms with Gasteiger partial charge in [0.2, 0.25) is 5.91 Å². The Balaban J connectivity index is 2.47. The topological polar surface area (TPSA) is 64.3 Å². The van der Waals surface area contributed by atoms with E-state index in [0.29, 0.717) is 13.2 Å². The summed E-state index contributed by atoms with van der Waals surface area (Å²) >= 11 is 1.67. The molecule has 1 amide bonds. The number of thioether (sulfide) groups is 1. The number of hydrogen-bond donors (Lipinski definition) is 2. The number of hydrogen-bond acceptors (Lipinski definition) is 4. The molecule has 1 rings (SSSR count). The van der Waals surface area contributed by atoms with Gasteiger partial charge in [0.05, 0.1) is 12.5 Å². The van der Waals surface area contributed by atoms with Crippen LogP contribution in [-0.4, -0.2) is 31.4 Å². The maximum atomic E-state index is 11.8. The zero-order chi connectivity index (χ0) is 13.4. The van der Waals surface area contributed by atoms with Crippen molar-refractivity contribution in [1.82, 2.24) is 0 Å². The van der Waals surface area contributed by atoms with Gasteiger partial charge in [0.25, 0.3) is 0 Å². The first-order chi connectivity index (χ1) is 8.69. The zero-order valence-corrected chi connectivity index (χ0v) is 11.6. The standard InChI is InChI=1S/C13H20N2O2S/c1-3-17-11(9-14)8-13(16)15-10-4-6-12(18-2)7-5-10/h4-7,11H,3,8-9,14H2,1-2H3,(H,15,16). The molecule has 0 aliphatic heterocycles. The van der Waals surface area contributed by atoms with E-state index in [4.69, 9.17) is 10.5 Å². The molecule has 0 aliphatic rings. The number of benzene rings is 1. The number of carbonyl (C=O) groups excluding carboxylic acids is 1. The fourth-order valence-electron chi connectivity index (χ4n) is 1.54. The number of amides is 1. The van der Waals surface area contributed by atoms with E-state index in [1.807, 2.05) is 37.4 Å². The lowest BCUT2D eigenvalue weighted by molar-refractivity contribution is -0.118. The van der Waals surface area contributed by atoms with Gasteiger partial charge in [-0.05, 0) is 37.4 Å². The van der Waals surface area contributed by atoms with Gasteiger partial charge in [-0.3, -0.25) is 4.79 Å². The van der Waals surface area contributed by atoms with Crippen LogP contribution in [0, 0.1) is 0 Å². The normalized spacial score (nSPS) is 12.2. The van der Waals surface area contributed by atoms with Gasteiger partial charge >= 0.3 is 0 Å². The fourth-order valence-corrected chi connectivity index (χ4v) is 1.95. The quantitative estimate of drug-likeness (QED) is 0.743. The van der Waals surface area contributed by atoms with Crippen LogP contribution >= 0.6 is 11.8 Å². The van der Waals surface area contributed by atoms with Crippen LogP contribution in [0.15, 0.2) is 29.2 Å². The summed E-state index contributed by atoms with van der Waals surface area (Å²) in [6, 6.07) is 7.73. The Hall–Kier alpha value is -1.04. The lowest BCUT2D eigenvalue weighted by Gasteiger charge is -2.14. The van der Waals surface area contributed by atoms with E-state index >= 15 is 0 Å². The molecule has 1 aromatic rings. The van der Waals surface area contributed by atoms with E-state index < -0.39 is 0 Å². The van der Waals surface area contributed by atoms with Crippen molar-refractivity contribution < 1.29 is 9.53 Å². The first-order valence-electron chi connectivity index (χ1n) is 5.95. The summed E-state index contributed by atoms with van der Waals surface area (Å²) in [6.45, 7) is 2.81. The van der Waals surface area contributed by atoms with Gasteiger partial charge in [-0.1, -0.05) is 0 Å². The number of ether oxygens (including phenoxy) is 1. The second-order valence-corrected chi connectivity index (χ2v) is 4.67. The average Bonchev–Trinajstić information content (AvgIpc) is 2.39. The minimum atomic E-state index is -0.208. The maximum Gasteiger partial charge on any atom is 0.227 e. The first kappa shape index (κ1) is 15.0. The molecular formula is C13H20N2O2S. The van der Waals surface area contributed by atoms with Gasteiger partial charge in [0.1, 0.15) is 0 Å². The summed E-state index contributed by atoms with van der Waals surface area (Å²) in [5, 5.41) is 2.83. The van der Waals surface area contributed by atoms with E-state index in [9.17, 15) is 4.79 Å². The predicted octanol–water partition coefficient (Wildman–Crippen LogP) is 2.10. The van der Waals surface area contributed by atoms with Crippen molar-refractivity contribution in [1.29, 1.82) is 0 Å². The third-order valence-electron chi connectivity index (χ3n) is 2.45. The highest BCUT2D eigenvalue weighted by Gasteiger charge is 2.12. The molecular weight excluding hydrogens is 248 g/mol. The second kappa shape index (κ2) is 8.13. The zero-order valence-electron chi connectivity index (χ0n) is 10.8. The Morgan fingerprint density at radius 2 is 2.11 bits per heavy atom. The van der Waals surface area contributed by atoms with E-state index in [1.165, 1.54) is 4.90 Å². The lowest BCUT2D eigenvalue weighted by Crippen LogP contribution is -2.29. The van der Waals surface area contributed by atoms with Crippen LogP contribution in [0.1, 0.15) is 13.3 Å². The molecule has 0 heterocycles. The predicted molar refractivity (Wildman–Crippen MR) is 75.9 cm³/mol. The molecule has 0 radical (unpaired) electrons. The molecule has 4 nitrogen and oxygen atoms in total.